The van der Waals surface area contributed by atoms with Crippen LogP contribution >= 0.6 is 0 Å². The highest BCUT2D eigenvalue weighted by Gasteiger charge is 2.01. The van der Waals surface area contributed by atoms with E-state index in [1.54, 1.807) is 42.5 Å². The molecular weight excluding hydrogens is 358 g/mol. The summed E-state index contributed by atoms with van der Waals surface area (Å²) in [6.07, 6.45) is 0. The lowest BCUT2D eigenvalue weighted by Crippen LogP contribution is -1.86. The Hall–Kier alpha value is -3.66. The first-order valence-electron chi connectivity index (χ1n) is 8.66. The van der Waals surface area contributed by atoms with Gasteiger partial charge in [-0.15, -0.1) is 0 Å². The van der Waals surface area contributed by atoms with Crippen molar-refractivity contribution in [3.8, 4) is 23.0 Å². The molecule has 4 rings (SSSR count). The number of benzene rings is 4. The van der Waals surface area contributed by atoms with Gasteiger partial charge in [-0.05, 0) is 60.7 Å². The van der Waals surface area contributed by atoms with Gasteiger partial charge in [-0.25, -0.2) is 8.78 Å². The minimum atomic E-state index is -0.351. The van der Waals surface area contributed by atoms with Crippen molar-refractivity contribution in [3.05, 3.63) is 121 Å². The number of rotatable bonds is 4. The molecule has 0 heterocycles. The van der Waals surface area contributed by atoms with Gasteiger partial charge in [0.2, 0.25) is 0 Å². The topological polar surface area (TPSA) is 18.5 Å². The van der Waals surface area contributed by atoms with Crippen LogP contribution in [0.4, 0.5) is 8.78 Å². The van der Waals surface area contributed by atoms with Crippen LogP contribution in [0.25, 0.3) is 0 Å². The van der Waals surface area contributed by atoms with Crippen LogP contribution in [0.15, 0.2) is 109 Å². The molecule has 0 saturated carbocycles. The Kier molecular flexibility index (Phi) is 6.74. The average Bonchev–Trinajstić information content (AvgIpc) is 2.74. The molecule has 4 heteroatoms. The fourth-order valence-corrected chi connectivity index (χ4v) is 2.27. The Morgan fingerprint density at radius 2 is 0.893 bits per heavy atom. The van der Waals surface area contributed by atoms with Gasteiger partial charge >= 0.3 is 0 Å². The maximum absolute atomic E-state index is 13.2. The van der Waals surface area contributed by atoms with Crippen molar-refractivity contribution in [2.45, 2.75) is 0 Å². The van der Waals surface area contributed by atoms with E-state index in [1.807, 2.05) is 48.5 Å². The van der Waals surface area contributed by atoms with Crippen molar-refractivity contribution >= 4 is 0 Å². The van der Waals surface area contributed by atoms with E-state index in [0.29, 0.717) is 11.5 Å². The molecule has 0 bridgehead atoms. The highest BCUT2D eigenvalue weighted by Crippen LogP contribution is 2.23. The summed E-state index contributed by atoms with van der Waals surface area (Å²) in [6.45, 7) is 0. The van der Waals surface area contributed by atoms with Crippen LogP contribution < -0.4 is 9.47 Å². The van der Waals surface area contributed by atoms with Gasteiger partial charge in [-0.3, -0.25) is 0 Å². The molecule has 2 nitrogen and oxygen atoms in total. The summed E-state index contributed by atoms with van der Waals surface area (Å²) in [5, 5.41) is 0. The number of ether oxygens (including phenoxy) is 2. The van der Waals surface area contributed by atoms with Gasteiger partial charge in [0.1, 0.15) is 23.1 Å². The molecule has 0 aliphatic rings. The van der Waals surface area contributed by atoms with E-state index in [1.165, 1.54) is 18.2 Å². The van der Waals surface area contributed by atoms with Gasteiger partial charge in [-0.2, -0.15) is 0 Å². The molecule has 0 spiro atoms. The van der Waals surface area contributed by atoms with E-state index in [-0.39, 0.29) is 17.4 Å². The van der Waals surface area contributed by atoms with Crippen molar-refractivity contribution in [2.24, 2.45) is 0 Å². The molecule has 0 aliphatic carbocycles. The molecule has 0 radical (unpaired) electrons. The Morgan fingerprint density at radius 1 is 0.429 bits per heavy atom. The number of halogens is 2. The second-order valence-corrected chi connectivity index (χ2v) is 5.71. The maximum atomic E-state index is 13.2. The minimum absolute atomic E-state index is 0.249. The lowest BCUT2D eigenvalue weighted by Gasteiger charge is -2.05. The molecule has 4 aromatic rings. The number of hydrogen-bond donors (Lipinski definition) is 0. The lowest BCUT2D eigenvalue weighted by molar-refractivity contribution is 0.442. The average molecular weight is 376 g/mol. The zero-order valence-electron chi connectivity index (χ0n) is 15.0. The van der Waals surface area contributed by atoms with E-state index >= 15 is 0 Å². The van der Waals surface area contributed by atoms with Crippen molar-refractivity contribution in [1.82, 2.24) is 0 Å². The van der Waals surface area contributed by atoms with Crippen molar-refractivity contribution in [1.29, 1.82) is 0 Å². The summed E-state index contributed by atoms with van der Waals surface area (Å²) < 4.78 is 36.5. The van der Waals surface area contributed by atoms with Crippen molar-refractivity contribution in [2.75, 3.05) is 0 Å². The molecule has 0 fully saturated rings. The Balaban J connectivity index is 0.000000161. The lowest BCUT2D eigenvalue weighted by atomic mass is 10.3. The highest BCUT2D eigenvalue weighted by molar-refractivity contribution is 5.32. The van der Waals surface area contributed by atoms with Crippen LogP contribution in [-0.4, -0.2) is 0 Å². The zero-order valence-corrected chi connectivity index (χ0v) is 15.0. The highest BCUT2D eigenvalue weighted by atomic mass is 19.1. The summed E-state index contributed by atoms with van der Waals surface area (Å²) >= 11 is 0. The first-order valence-corrected chi connectivity index (χ1v) is 8.66. The third-order valence-corrected chi connectivity index (χ3v) is 3.60. The standard InChI is InChI=1S/2C12H9FO/c13-11-8-4-5-9-12(11)14-10-6-2-1-3-7-10;13-10-6-8-12(9-7-10)14-11-4-2-1-3-5-11/h2*1-9H. The predicted molar refractivity (Wildman–Crippen MR) is 106 cm³/mol. The zero-order chi connectivity index (χ0) is 19.6. The number of para-hydroxylation sites is 3. The summed E-state index contributed by atoms with van der Waals surface area (Å²) in [7, 11) is 0. The molecule has 4 aromatic carbocycles. The summed E-state index contributed by atoms with van der Waals surface area (Å²) in [4.78, 5) is 0. The quantitative estimate of drug-likeness (QED) is 0.374. The fourth-order valence-electron chi connectivity index (χ4n) is 2.27. The first-order chi connectivity index (χ1) is 13.7. The van der Waals surface area contributed by atoms with Crippen LogP contribution in [0.2, 0.25) is 0 Å². The van der Waals surface area contributed by atoms with Crippen LogP contribution in [0.5, 0.6) is 23.0 Å². The van der Waals surface area contributed by atoms with Crippen LogP contribution in [0, 0.1) is 11.6 Å². The smallest absolute Gasteiger partial charge is 0.165 e. The molecule has 0 N–H and O–H groups in total. The van der Waals surface area contributed by atoms with E-state index in [9.17, 15) is 8.78 Å². The van der Waals surface area contributed by atoms with Gasteiger partial charge in [0.15, 0.2) is 11.6 Å². The van der Waals surface area contributed by atoms with Gasteiger partial charge in [-0.1, -0.05) is 48.5 Å². The molecule has 0 amide bonds. The second-order valence-electron chi connectivity index (χ2n) is 5.71. The number of hydrogen-bond acceptors (Lipinski definition) is 2. The monoisotopic (exact) mass is 376 g/mol. The normalized spacial score (nSPS) is 9.79. The molecule has 140 valence electrons. The molecular formula is C24H18F2O2. The summed E-state index contributed by atoms with van der Waals surface area (Å²) in [6, 6.07) is 30.8. The Bertz CT molecular complexity index is 972. The second kappa shape index (κ2) is 9.88. The minimum Gasteiger partial charge on any atom is -0.457 e. The third-order valence-electron chi connectivity index (χ3n) is 3.60. The van der Waals surface area contributed by atoms with E-state index in [4.69, 9.17) is 9.47 Å². The van der Waals surface area contributed by atoms with E-state index < -0.39 is 0 Å². The molecule has 0 aliphatic heterocycles. The molecule has 0 saturated heterocycles. The molecule has 0 atom stereocenters. The van der Waals surface area contributed by atoms with Crippen LogP contribution in [0.1, 0.15) is 0 Å². The summed E-state index contributed by atoms with van der Waals surface area (Å²) in [5.41, 5.74) is 0. The van der Waals surface area contributed by atoms with Gasteiger partial charge in [0.25, 0.3) is 0 Å². The molecule has 0 unspecified atom stereocenters. The Morgan fingerprint density at radius 3 is 1.46 bits per heavy atom. The third kappa shape index (κ3) is 5.95. The van der Waals surface area contributed by atoms with E-state index in [2.05, 4.69) is 0 Å². The predicted octanol–water partition coefficient (Wildman–Crippen LogP) is 7.24. The summed E-state index contributed by atoms with van der Waals surface area (Å²) in [5.74, 6) is 1.66. The van der Waals surface area contributed by atoms with Crippen molar-refractivity contribution < 1.29 is 18.3 Å². The largest absolute Gasteiger partial charge is 0.457 e. The fraction of sp³-hybridized carbons (Fsp3) is 0. The van der Waals surface area contributed by atoms with E-state index in [0.717, 1.165) is 5.75 Å². The Labute approximate surface area is 162 Å². The van der Waals surface area contributed by atoms with Gasteiger partial charge in [0.05, 0.1) is 0 Å². The van der Waals surface area contributed by atoms with Gasteiger partial charge in [0, 0.05) is 0 Å². The van der Waals surface area contributed by atoms with Crippen molar-refractivity contribution in [3.63, 3.8) is 0 Å². The SMILES string of the molecule is Fc1ccc(Oc2ccccc2)cc1.Fc1ccccc1Oc1ccccc1. The molecule has 28 heavy (non-hydrogen) atoms. The van der Waals surface area contributed by atoms with Gasteiger partial charge < -0.3 is 9.47 Å². The van der Waals surface area contributed by atoms with Crippen LogP contribution in [-0.2, 0) is 0 Å². The van der Waals surface area contributed by atoms with Crippen LogP contribution in [0.3, 0.4) is 0 Å². The molecule has 0 aromatic heterocycles. The first kappa shape index (κ1) is 19.1. The maximum Gasteiger partial charge on any atom is 0.165 e.